The number of carbonyl (C=O) groups is 1. The third kappa shape index (κ3) is 5.40. The van der Waals surface area contributed by atoms with Gasteiger partial charge in [-0.2, -0.15) is 0 Å². The Hall–Kier alpha value is -1.49. The lowest BCUT2D eigenvalue weighted by Crippen LogP contribution is -2.31. The zero-order valence-corrected chi connectivity index (χ0v) is 9.67. The van der Waals surface area contributed by atoms with Crippen LogP contribution in [0.25, 0.3) is 0 Å². The molecule has 1 amide bonds. The Morgan fingerprint density at radius 3 is 2.47 bits per heavy atom. The molecule has 1 aromatic carbocycles. The van der Waals surface area contributed by atoms with E-state index in [9.17, 15) is 13.6 Å². The fourth-order valence-electron chi connectivity index (χ4n) is 1.47. The number of rotatable bonds is 5. The zero-order valence-electron chi connectivity index (χ0n) is 9.67. The van der Waals surface area contributed by atoms with E-state index in [2.05, 4.69) is 5.32 Å². The van der Waals surface area contributed by atoms with Crippen LogP contribution in [0.1, 0.15) is 18.9 Å². The molecule has 0 heterocycles. The molecule has 17 heavy (non-hydrogen) atoms. The first-order chi connectivity index (χ1) is 7.97. The van der Waals surface area contributed by atoms with Crippen LogP contribution in [0.2, 0.25) is 0 Å². The summed E-state index contributed by atoms with van der Waals surface area (Å²) in [5, 5.41) is 2.64. The van der Waals surface area contributed by atoms with Crippen LogP contribution in [0.3, 0.4) is 0 Å². The van der Waals surface area contributed by atoms with Crippen LogP contribution in [-0.4, -0.2) is 18.5 Å². The summed E-state index contributed by atoms with van der Waals surface area (Å²) >= 11 is 0. The van der Waals surface area contributed by atoms with Gasteiger partial charge < -0.3 is 11.1 Å². The van der Waals surface area contributed by atoms with Crippen LogP contribution in [-0.2, 0) is 11.2 Å². The van der Waals surface area contributed by atoms with Gasteiger partial charge in [0, 0.05) is 25.1 Å². The average molecular weight is 242 g/mol. The minimum atomic E-state index is -0.609. The predicted molar refractivity (Wildman–Crippen MR) is 61.3 cm³/mol. The van der Waals surface area contributed by atoms with E-state index in [0.717, 1.165) is 6.07 Å². The SMILES string of the molecule is CC(N)CC(=O)NCCc1cc(F)cc(F)c1. The van der Waals surface area contributed by atoms with Gasteiger partial charge in [0.05, 0.1) is 0 Å². The smallest absolute Gasteiger partial charge is 0.221 e. The largest absolute Gasteiger partial charge is 0.356 e. The van der Waals surface area contributed by atoms with Crippen molar-refractivity contribution in [2.24, 2.45) is 5.73 Å². The molecule has 1 rings (SSSR count). The maximum absolute atomic E-state index is 12.8. The summed E-state index contributed by atoms with van der Waals surface area (Å²) in [7, 11) is 0. The highest BCUT2D eigenvalue weighted by molar-refractivity contribution is 5.76. The summed E-state index contributed by atoms with van der Waals surface area (Å²) in [6.07, 6.45) is 0.636. The first-order valence-electron chi connectivity index (χ1n) is 5.44. The van der Waals surface area contributed by atoms with E-state index in [-0.39, 0.29) is 18.4 Å². The summed E-state index contributed by atoms with van der Waals surface area (Å²) in [5.74, 6) is -1.37. The molecule has 5 heteroatoms. The van der Waals surface area contributed by atoms with Gasteiger partial charge in [0.1, 0.15) is 11.6 Å². The molecule has 0 spiro atoms. The summed E-state index contributed by atoms with van der Waals surface area (Å²) < 4.78 is 25.7. The number of amides is 1. The van der Waals surface area contributed by atoms with Crippen molar-refractivity contribution in [2.75, 3.05) is 6.54 Å². The maximum Gasteiger partial charge on any atom is 0.221 e. The molecule has 3 N–H and O–H groups in total. The van der Waals surface area contributed by atoms with Gasteiger partial charge in [0.25, 0.3) is 0 Å². The Labute approximate surface area is 99.0 Å². The first kappa shape index (κ1) is 13.6. The zero-order chi connectivity index (χ0) is 12.8. The molecule has 0 aliphatic rings. The van der Waals surface area contributed by atoms with E-state index in [0.29, 0.717) is 18.5 Å². The molecule has 0 saturated carbocycles. The van der Waals surface area contributed by atoms with Gasteiger partial charge in [-0.3, -0.25) is 4.79 Å². The Kier molecular flexibility index (Phi) is 5.03. The lowest BCUT2D eigenvalue weighted by molar-refractivity contribution is -0.121. The topological polar surface area (TPSA) is 55.1 Å². The third-order valence-electron chi connectivity index (χ3n) is 2.17. The molecule has 0 aliphatic heterocycles. The number of carbonyl (C=O) groups excluding carboxylic acids is 1. The highest BCUT2D eigenvalue weighted by atomic mass is 19.1. The van der Waals surface area contributed by atoms with E-state index in [1.165, 1.54) is 12.1 Å². The molecule has 1 aromatic rings. The number of nitrogens with one attached hydrogen (secondary N) is 1. The van der Waals surface area contributed by atoms with Crippen LogP contribution in [0, 0.1) is 11.6 Å². The van der Waals surface area contributed by atoms with Gasteiger partial charge in [-0.25, -0.2) is 8.78 Å². The van der Waals surface area contributed by atoms with Crippen molar-refractivity contribution in [1.29, 1.82) is 0 Å². The molecule has 0 bridgehead atoms. The minimum Gasteiger partial charge on any atom is -0.356 e. The highest BCUT2D eigenvalue weighted by Crippen LogP contribution is 2.08. The molecule has 1 atom stereocenters. The van der Waals surface area contributed by atoms with E-state index < -0.39 is 11.6 Å². The Balaban J connectivity index is 2.38. The van der Waals surface area contributed by atoms with Gasteiger partial charge in [-0.1, -0.05) is 0 Å². The summed E-state index contributed by atoms with van der Waals surface area (Å²) in [4.78, 5) is 11.2. The minimum absolute atomic E-state index is 0.156. The van der Waals surface area contributed by atoms with Gasteiger partial charge >= 0.3 is 0 Å². The second kappa shape index (κ2) is 6.30. The Bertz CT molecular complexity index is 374. The quantitative estimate of drug-likeness (QED) is 0.819. The second-order valence-corrected chi connectivity index (χ2v) is 4.06. The number of halogens is 2. The van der Waals surface area contributed by atoms with Crippen molar-refractivity contribution in [3.8, 4) is 0 Å². The van der Waals surface area contributed by atoms with Crippen molar-refractivity contribution in [3.05, 3.63) is 35.4 Å². The Morgan fingerprint density at radius 1 is 1.35 bits per heavy atom. The molecular weight excluding hydrogens is 226 g/mol. The number of hydrogen-bond donors (Lipinski definition) is 2. The summed E-state index contributed by atoms with van der Waals surface area (Å²) in [6.45, 7) is 2.08. The molecule has 3 nitrogen and oxygen atoms in total. The van der Waals surface area contributed by atoms with E-state index in [4.69, 9.17) is 5.73 Å². The normalized spacial score (nSPS) is 12.2. The van der Waals surface area contributed by atoms with Crippen molar-refractivity contribution in [1.82, 2.24) is 5.32 Å². The monoisotopic (exact) mass is 242 g/mol. The van der Waals surface area contributed by atoms with Gasteiger partial charge in [0.2, 0.25) is 5.91 Å². The fourth-order valence-corrected chi connectivity index (χ4v) is 1.47. The van der Waals surface area contributed by atoms with E-state index in [1.807, 2.05) is 0 Å². The summed E-state index contributed by atoms with van der Waals surface area (Å²) in [5.41, 5.74) is 5.97. The van der Waals surface area contributed by atoms with Gasteiger partial charge in [-0.05, 0) is 31.0 Å². The number of nitrogens with two attached hydrogens (primary N) is 1. The molecular formula is C12H16F2N2O. The molecule has 94 valence electrons. The van der Waals surface area contributed by atoms with Crippen LogP contribution in [0.4, 0.5) is 8.78 Å². The van der Waals surface area contributed by atoms with Crippen molar-refractivity contribution in [2.45, 2.75) is 25.8 Å². The fraction of sp³-hybridized carbons (Fsp3) is 0.417. The number of benzene rings is 1. The third-order valence-corrected chi connectivity index (χ3v) is 2.17. The highest BCUT2D eigenvalue weighted by Gasteiger charge is 2.05. The number of hydrogen-bond acceptors (Lipinski definition) is 2. The van der Waals surface area contributed by atoms with Crippen molar-refractivity contribution >= 4 is 5.91 Å². The lowest BCUT2D eigenvalue weighted by atomic mass is 10.1. The first-order valence-corrected chi connectivity index (χ1v) is 5.44. The van der Waals surface area contributed by atoms with Crippen LogP contribution in [0.15, 0.2) is 18.2 Å². The standard InChI is InChI=1S/C12H16F2N2O/c1-8(15)4-12(17)16-3-2-9-5-10(13)7-11(14)6-9/h5-8H,2-4,15H2,1H3,(H,16,17). The van der Waals surface area contributed by atoms with E-state index >= 15 is 0 Å². The molecule has 0 saturated heterocycles. The average Bonchev–Trinajstić information content (AvgIpc) is 2.14. The van der Waals surface area contributed by atoms with Gasteiger partial charge in [-0.15, -0.1) is 0 Å². The molecule has 0 aliphatic carbocycles. The maximum atomic E-state index is 12.8. The second-order valence-electron chi connectivity index (χ2n) is 4.06. The van der Waals surface area contributed by atoms with Crippen molar-refractivity contribution in [3.63, 3.8) is 0 Å². The van der Waals surface area contributed by atoms with Crippen LogP contribution >= 0.6 is 0 Å². The van der Waals surface area contributed by atoms with E-state index in [1.54, 1.807) is 6.92 Å². The van der Waals surface area contributed by atoms with Crippen molar-refractivity contribution < 1.29 is 13.6 Å². The van der Waals surface area contributed by atoms with Crippen LogP contribution < -0.4 is 11.1 Å². The molecule has 1 unspecified atom stereocenters. The Morgan fingerprint density at radius 2 is 1.94 bits per heavy atom. The molecule has 0 radical (unpaired) electrons. The molecule has 0 fully saturated rings. The van der Waals surface area contributed by atoms with Crippen LogP contribution in [0.5, 0.6) is 0 Å². The van der Waals surface area contributed by atoms with Gasteiger partial charge in [0.15, 0.2) is 0 Å². The lowest BCUT2D eigenvalue weighted by Gasteiger charge is -2.07. The molecule has 0 aromatic heterocycles. The summed E-state index contributed by atoms with van der Waals surface area (Å²) in [6, 6.07) is 3.13. The predicted octanol–water partition coefficient (Wildman–Crippen LogP) is 1.36.